The molecule has 16 heavy (non-hydrogen) atoms. The highest BCUT2D eigenvalue weighted by molar-refractivity contribution is 5.80. The Kier molecular flexibility index (Phi) is 2.76. The van der Waals surface area contributed by atoms with E-state index >= 15 is 0 Å². The van der Waals surface area contributed by atoms with Crippen molar-refractivity contribution in [3.05, 3.63) is 24.6 Å². The molecule has 1 aromatic heterocycles. The van der Waals surface area contributed by atoms with Gasteiger partial charge in [0.1, 0.15) is 12.1 Å². The van der Waals surface area contributed by atoms with Gasteiger partial charge in [-0.2, -0.15) is 0 Å². The summed E-state index contributed by atoms with van der Waals surface area (Å²) in [4.78, 5) is 16.9. The van der Waals surface area contributed by atoms with E-state index in [0.29, 0.717) is 5.58 Å². The van der Waals surface area contributed by atoms with Gasteiger partial charge in [-0.1, -0.05) is 0 Å². The smallest absolute Gasteiger partial charge is 0.325 e. The highest BCUT2D eigenvalue weighted by Crippen LogP contribution is 2.20. The summed E-state index contributed by atoms with van der Waals surface area (Å²) in [6.07, 6.45) is 1.40. The van der Waals surface area contributed by atoms with Crippen LogP contribution in [0.4, 0.5) is 5.69 Å². The molecule has 0 aliphatic heterocycles. The SMILES string of the molecule is COC(=O)CN(C)c1ccc2ncoc2c1. The number of oxazole rings is 1. The second-order valence-corrected chi connectivity index (χ2v) is 3.44. The van der Waals surface area contributed by atoms with E-state index in [9.17, 15) is 4.79 Å². The molecule has 0 fully saturated rings. The van der Waals surface area contributed by atoms with Gasteiger partial charge in [0.2, 0.25) is 0 Å². The summed E-state index contributed by atoms with van der Waals surface area (Å²) in [6.45, 7) is 0.205. The van der Waals surface area contributed by atoms with Crippen molar-refractivity contribution in [1.82, 2.24) is 4.98 Å². The van der Waals surface area contributed by atoms with Crippen LogP contribution >= 0.6 is 0 Å². The largest absolute Gasteiger partial charge is 0.468 e. The predicted octanol–water partition coefficient (Wildman–Crippen LogP) is 1.44. The molecule has 0 radical (unpaired) electrons. The van der Waals surface area contributed by atoms with Gasteiger partial charge in [-0.25, -0.2) is 4.98 Å². The number of anilines is 1. The first-order chi connectivity index (χ1) is 7.70. The van der Waals surface area contributed by atoms with Crippen LogP contribution in [0, 0.1) is 0 Å². The van der Waals surface area contributed by atoms with E-state index in [1.54, 1.807) is 4.90 Å². The van der Waals surface area contributed by atoms with Crippen LogP contribution < -0.4 is 4.90 Å². The van der Waals surface area contributed by atoms with Gasteiger partial charge in [-0.15, -0.1) is 0 Å². The Labute approximate surface area is 92.6 Å². The molecular formula is C11H12N2O3. The molecule has 2 aromatic rings. The molecule has 5 nitrogen and oxygen atoms in total. The third-order valence-corrected chi connectivity index (χ3v) is 2.35. The number of fused-ring (bicyclic) bond motifs is 1. The number of carbonyl (C=O) groups is 1. The molecule has 0 spiro atoms. The van der Waals surface area contributed by atoms with Gasteiger partial charge in [0.15, 0.2) is 12.0 Å². The van der Waals surface area contributed by atoms with Crippen LogP contribution in [0.1, 0.15) is 0 Å². The van der Waals surface area contributed by atoms with Gasteiger partial charge in [0.25, 0.3) is 0 Å². The molecule has 0 aliphatic rings. The first kappa shape index (κ1) is 10.5. The van der Waals surface area contributed by atoms with E-state index in [0.717, 1.165) is 11.2 Å². The van der Waals surface area contributed by atoms with Gasteiger partial charge >= 0.3 is 5.97 Å². The maximum Gasteiger partial charge on any atom is 0.325 e. The van der Waals surface area contributed by atoms with Crippen LogP contribution in [0.15, 0.2) is 29.0 Å². The molecule has 0 atom stereocenters. The Morgan fingerprint density at radius 3 is 3.12 bits per heavy atom. The monoisotopic (exact) mass is 220 g/mol. The van der Waals surface area contributed by atoms with Gasteiger partial charge in [0, 0.05) is 18.8 Å². The maximum absolute atomic E-state index is 11.1. The van der Waals surface area contributed by atoms with Crippen molar-refractivity contribution in [2.24, 2.45) is 0 Å². The first-order valence-electron chi connectivity index (χ1n) is 4.82. The normalized spacial score (nSPS) is 10.4. The lowest BCUT2D eigenvalue weighted by Crippen LogP contribution is -2.26. The standard InChI is InChI=1S/C11H12N2O3/c1-13(6-11(14)15-2)8-3-4-9-10(5-8)16-7-12-9/h3-5,7H,6H2,1-2H3. The molecule has 2 rings (SSSR count). The number of nitrogens with zero attached hydrogens (tertiary/aromatic N) is 2. The quantitative estimate of drug-likeness (QED) is 0.732. The Hall–Kier alpha value is -2.04. The van der Waals surface area contributed by atoms with E-state index in [-0.39, 0.29) is 12.5 Å². The zero-order chi connectivity index (χ0) is 11.5. The summed E-state index contributed by atoms with van der Waals surface area (Å²) >= 11 is 0. The molecule has 1 heterocycles. The van der Waals surface area contributed by atoms with Crippen LogP contribution in [0.3, 0.4) is 0 Å². The van der Waals surface area contributed by atoms with Gasteiger partial charge in [-0.05, 0) is 12.1 Å². The number of carbonyl (C=O) groups excluding carboxylic acids is 1. The van der Waals surface area contributed by atoms with Crippen molar-refractivity contribution in [2.45, 2.75) is 0 Å². The minimum atomic E-state index is -0.278. The molecule has 0 amide bonds. The molecule has 0 saturated heterocycles. The van der Waals surface area contributed by atoms with Crippen molar-refractivity contribution in [3.8, 4) is 0 Å². The lowest BCUT2D eigenvalue weighted by atomic mass is 10.2. The van der Waals surface area contributed by atoms with Crippen molar-refractivity contribution in [3.63, 3.8) is 0 Å². The van der Waals surface area contributed by atoms with E-state index in [1.807, 2.05) is 25.2 Å². The van der Waals surface area contributed by atoms with Gasteiger partial charge < -0.3 is 14.1 Å². The molecule has 0 bridgehead atoms. The van der Waals surface area contributed by atoms with E-state index in [4.69, 9.17) is 4.42 Å². The van der Waals surface area contributed by atoms with Crippen molar-refractivity contribution in [2.75, 3.05) is 25.6 Å². The van der Waals surface area contributed by atoms with E-state index in [1.165, 1.54) is 13.5 Å². The van der Waals surface area contributed by atoms with Crippen molar-refractivity contribution >= 4 is 22.8 Å². The number of likely N-dealkylation sites (N-methyl/N-ethyl adjacent to an activating group) is 1. The summed E-state index contributed by atoms with van der Waals surface area (Å²) in [7, 11) is 3.18. The number of rotatable bonds is 3. The number of methoxy groups -OCH3 is 1. The molecule has 0 aliphatic carbocycles. The molecule has 84 valence electrons. The number of ether oxygens (including phenoxy) is 1. The van der Waals surface area contributed by atoms with Crippen LogP contribution in [-0.2, 0) is 9.53 Å². The Morgan fingerprint density at radius 1 is 1.56 bits per heavy atom. The van der Waals surface area contributed by atoms with Gasteiger partial charge in [-0.3, -0.25) is 4.79 Å². The molecule has 0 unspecified atom stereocenters. The molecule has 5 heteroatoms. The third kappa shape index (κ3) is 1.98. The second kappa shape index (κ2) is 4.22. The maximum atomic E-state index is 11.1. The molecular weight excluding hydrogens is 208 g/mol. The average molecular weight is 220 g/mol. The predicted molar refractivity (Wildman–Crippen MR) is 59.3 cm³/mol. The first-order valence-corrected chi connectivity index (χ1v) is 4.82. The van der Waals surface area contributed by atoms with Crippen molar-refractivity contribution in [1.29, 1.82) is 0 Å². The summed E-state index contributed by atoms with van der Waals surface area (Å²) in [6, 6.07) is 5.57. The fourth-order valence-corrected chi connectivity index (χ4v) is 1.43. The van der Waals surface area contributed by atoms with Crippen LogP contribution in [0.5, 0.6) is 0 Å². The van der Waals surface area contributed by atoms with Crippen molar-refractivity contribution < 1.29 is 13.9 Å². The van der Waals surface area contributed by atoms with Crippen LogP contribution in [0.2, 0.25) is 0 Å². The molecule has 0 saturated carbocycles. The topological polar surface area (TPSA) is 55.6 Å². The minimum Gasteiger partial charge on any atom is -0.468 e. The number of benzene rings is 1. The number of hydrogen-bond donors (Lipinski definition) is 0. The number of esters is 1. The lowest BCUT2D eigenvalue weighted by molar-refractivity contribution is -0.138. The Morgan fingerprint density at radius 2 is 2.38 bits per heavy atom. The van der Waals surface area contributed by atoms with E-state index < -0.39 is 0 Å². The fourth-order valence-electron chi connectivity index (χ4n) is 1.43. The average Bonchev–Trinajstić information content (AvgIpc) is 2.75. The number of aromatic nitrogens is 1. The fraction of sp³-hybridized carbons (Fsp3) is 0.273. The highest BCUT2D eigenvalue weighted by atomic mass is 16.5. The summed E-state index contributed by atoms with van der Waals surface area (Å²) in [5.41, 5.74) is 2.39. The summed E-state index contributed by atoms with van der Waals surface area (Å²) in [5, 5.41) is 0. The highest BCUT2D eigenvalue weighted by Gasteiger charge is 2.08. The zero-order valence-corrected chi connectivity index (χ0v) is 9.14. The minimum absolute atomic E-state index is 0.205. The third-order valence-electron chi connectivity index (χ3n) is 2.35. The molecule has 0 N–H and O–H groups in total. The molecule has 1 aromatic carbocycles. The van der Waals surface area contributed by atoms with Gasteiger partial charge in [0.05, 0.1) is 7.11 Å². The zero-order valence-electron chi connectivity index (χ0n) is 9.14. The van der Waals surface area contributed by atoms with E-state index in [2.05, 4.69) is 9.72 Å². The Balaban J connectivity index is 2.22. The number of hydrogen-bond acceptors (Lipinski definition) is 5. The second-order valence-electron chi connectivity index (χ2n) is 3.44. The lowest BCUT2D eigenvalue weighted by Gasteiger charge is -2.17. The summed E-state index contributed by atoms with van der Waals surface area (Å²) < 4.78 is 9.78. The Bertz CT molecular complexity index is 507. The summed E-state index contributed by atoms with van der Waals surface area (Å²) in [5.74, 6) is -0.278. The van der Waals surface area contributed by atoms with Crippen LogP contribution in [0.25, 0.3) is 11.1 Å². The van der Waals surface area contributed by atoms with Crippen LogP contribution in [-0.4, -0.2) is 31.7 Å².